The van der Waals surface area contributed by atoms with Crippen LogP contribution >= 0.6 is 11.6 Å². The molecule has 2 aliphatic heterocycles. The van der Waals surface area contributed by atoms with E-state index >= 15 is 0 Å². The summed E-state index contributed by atoms with van der Waals surface area (Å²) < 4.78 is 26.2. The van der Waals surface area contributed by atoms with Crippen molar-refractivity contribution in [3.63, 3.8) is 0 Å². The molecule has 2 aromatic rings. The van der Waals surface area contributed by atoms with Gasteiger partial charge in [-0.2, -0.15) is 0 Å². The van der Waals surface area contributed by atoms with Crippen molar-refractivity contribution in [3.8, 4) is 11.5 Å². The average Bonchev–Trinajstić information content (AvgIpc) is 3.04. The number of nitrogens with zero attached hydrogens (tertiary/aromatic N) is 1. The highest BCUT2D eigenvalue weighted by Gasteiger charge is 2.34. The number of ketones is 1. The molecule has 1 unspecified atom stereocenters. The third kappa shape index (κ3) is 5.83. The van der Waals surface area contributed by atoms with E-state index < -0.39 is 11.7 Å². The average molecular weight is 531 g/mol. The maximum atomic E-state index is 14.7. The molecule has 0 saturated carbocycles. The molecule has 4 rings (SSSR count). The van der Waals surface area contributed by atoms with Gasteiger partial charge in [0.05, 0.1) is 24.4 Å². The Balaban J connectivity index is 1.42. The molecule has 198 valence electrons. The molecule has 37 heavy (non-hydrogen) atoms. The summed E-state index contributed by atoms with van der Waals surface area (Å²) in [7, 11) is 3.77. The van der Waals surface area contributed by atoms with E-state index in [0.29, 0.717) is 36.2 Å². The van der Waals surface area contributed by atoms with Gasteiger partial charge in [-0.3, -0.25) is 9.59 Å². The number of likely N-dealkylation sites (N-methyl/N-ethyl adjacent to an activating group) is 1. The lowest BCUT2D eigenvalue weighted by Crippen LogP contribution is -2.52. The van der Waals surface area contributed by atoms with Crippen LogP contribution in [0.15, 0.2) is 36.0 Å². The molecule has 2 aromatic carbocycles. The molecular formula is C27H32ClFN4O4. The smallest absolute Gasteiger partial charge is 0.256 e. The molecule has 3 N–H and O–H groups in total. The van der Waals surface area contributed by atoms with Crippen molar-refractivity contribution < 1.29 is 23.5 Å². The number of fused-ring (bicyclic) bond motifs is 1. The van der Waals surface area contributed by atoms with Gasteiger partial charge >= 0.3 is 0 Å². The second-order valence-corrected chi connectivity index (χ2v) is 9.77. The van der Waals surface area contributed by atoms with Gasteiger partial charge in [0.15, 0.2) is 5.78 Å². The number of allylic oxidation sites excluding steroid dienone is 1. The van der Waals surface area contributed by atoms with E-state index in [1.165, 1.54) is 6.07 Å². The molecule has 8 nitrogen and oxygen atoms in total. The minimum absolute atomic E-state index is 0.0538. The molecule has 0 spiro atoms. The summed E-state index contributed by atoms with van der Waals surface area (Å²) in [5, 5.41) is 10.0. The number of ether oxygens (including phenoxy) is 2. The van der Waals surface area contributed by atoms with E-state index in [2.05, 4.69) is 22.9 Å². The summed E-state index contributed by atoms with van der Waals surface area (Å²) in [6, 6.07) is 8.16. The number of halogens is 2. The maximum Gasteiger partial charge on any atom is 0.256 e. The van der Waals surface area contributed by atoms with Gasteiger partial charge in [0.25, 0.3) is 5.91 Å². The molecule has 2 heterocycles. The van der Waals surface area contributed by atoms with Crippen LogP contribution in [0.2, 0.25) is 5.02 Å². The number of amides is 1. The lowest BCUT2D eigenvalue weighted by Gasteiger charge is -2.39. The van der Waals surface area contributed by atoms with Gasteiger partial charge in [0.1, 0.15) is 23.9 Å². The monoisotopic (exact) mass is 530 g/mol. The van der Waals surface area contributed by atoms with Crippen molar-refractivity contribution in [2.24, 2.45) is 5.92 Å². The zero-order chi connectivity index (χ0) is 26.7. The molecule has 1 amide bonds. The lowest BCUT2D eigenvalue weighted by atomic mass is 9.96. The fraction of sp³-hybridized carbons (Fsp3) is 0.407. The van der Waals surface area contributed by atoms with E-state index in [1.54, 1.807) is 11.0 Å². The van der Waals surface area contributed by atoms with Crippen molar-refractivity contribution in [1.29, 1.82) is 0 Å². The first-order valence-corrected chi connectivity index (χ1v) is 12.6. The molecule has 0 aliphatic carbocycles. The Morgan fingerprint density at radius 2 is 2.03 bits per heavy atom. The first kappa shape index (κ1) is 26.8. The fourth-order valence-electron chi connectivity index (χ4n) is 4.48. The Morgan fingerprint density at radius 3 is 2.73 bits per heavy atom. The Morgan fingerprint density at radius 1 is 1.27 bits per heavy atom. The Hall–Kier alpha value is -3.30. The quantitative estimate of drug-likeness (QED) is 0.480. The number of carbonyl (C=O) groups is 2. The summed E-state index contributed by atoms with van der Waals surface area (Å²) in [6.45, 7) is 5.32. The number of hydrogen-bond donors (Lipinski definition) is 3. The Labute approximate surface area is 221 Å². The van der Waals surface area contributed by atoms with Crippen LogP contribution in [0, 0.1) is 11.7 Å². The number of anilines is 1. The maximum absolute atomic E-state index is 14.7. The number of carbonyl (C=O) groups excluding carboxylic acids is 2. The molecule has 1 fully saturated rings. The van der Waals surface area contributed by atoms with Gasteiger partial charge < -0.3 is 30.3 Å². The van der Waals surface area contributed by atoms with Gasteiger partial charge in [0.2, 0.25) is 0 Å². The summed E-state index contributed by atoms with van der Waals surface area (Å²) in [5.41, 5.74) is 3.32. The second kappa shape index (κ2) is 11.4. The van der Waals surface area contributed by atoms with E-state index in [0.717, 1.165) is 22.9 Å². The second-order valence-electron chi connectivity index (χ2n) is 9.34. The van der Waals surface area contributed by atoms with Crippen molar-refractivity contribution in [2.75, 3.05) is 52.3 Å². The van der Waals surface area contributed by atoms with Crippen LogP contribution in [0.1, 0.15) is 29.8 Å². The predicted octanol–water partition coefficient (Wildman–Crippen LogP) is 3.56. The summed E-state index contributed by atoms with van der Waals surface area (Å²) >= 11 is 6.32. The lowest BCUT2D eigenvalue weighted by molar-refractivity contribution is -0.119. The SMILES string of the molecule is CN/C(C)=C(/c1cc(Cl)ccc1OCC1CN(C(=O)c2cc3c(cc2F)OCC(=O)CN3)C1)C(C)NC. The Bertz CT molecular complexity index is 1230. The molecule has 1 atom stereocenters. The number of benzene rings is 2. The topological polar surface area (TPSA) is 91.9 Å². The molecule has 0 bridgehead atoms. The number of rotatable bonds is 8. The minimum atomic E-state index is -0.678. The molecule has 0 radical (unpaired) electrons. The zero-order valence-electron chi connectivity index (χ0n) is 21.4. The minimum Gasteiger partial charge on any atom is -0.493 e. The van der Waals surface area contributed by atoms with Crippen LogP contribution in [0.25, 0.3) is 5.57 Å². The van der Waals surface area contributed by atoms with Crippen molar-refractivity contribution in [3.05, 3.63) is 58.0 Å². The van der Waals surface area contributed by atoms with Crippen LogP contribution in [0.4, 0.5) is 10.1 Å². The Kier molecular flexibility index (Phi) is 8.24. The van der Waals surface area contributed by atoms with Crippen molar-refractivity contribution in [2.45, 2.75) is 19.9 Å². The standard InChI is InChI=1S/C27H32ClFN4O4/c1-15(30-3)26(16(2)31-4)21-7-18(28)5-6-24(21)36-13-17-11-33(12-17)27(35)20-8-23-25(9-22(20)29)37-14-19(34)10-32-23/h5-9,15,17,30-32H,10-14H2,1-4H3/b26-16+. The van der Waals surface area contributed by atoms with E-state index in [1.807, 2.05) is 33.2 Å². The highest BCUT2D eigenvalue weighted by molar-refractivity contribution is 6.30. The van der Waals surface area contributed by atoms with Gasteiger partial charge in [0, 0.05) is 54.4 Å². The van der Waals surface area contributed by atoms with Gasteiger partial charge in [-0.05, 0) is 50.7 Å². The molecule has 10 heteroatoms. The van der Waals surface area contributed by atoms with Gasteiger partial charge in [-0.1, -0.05) is 11.6 Å². The largest absolute Gasteiger partial charge is 0.493 e. The highest BCUT2D eigenvalue weighted by Crippen LogP contribution is 2.34. The third-order valence-electron chi connectivity index (χ3n) is 6.76. The van der Waals surface area contributed by atoms with Crippen LogP contribution in [0.3, 0.4) is 0 Å². The third-order valence-corrected chi connectivity index (χ3v) is 7.00. The summed E-state index contributed by atoms with van der Waals surface area (Å²) in [6.07, 6.45) is 0. The van der Waals surface area contributed by atoms with Crippen LogP contribution in [-0.4, -0.2) is 69.6 Å². The van der Waals surface area contributed by atoms with Crippen LogP contribution < -0.4 is 25.4 Å². The predicted molar refractivity (Wildman–Crippen MR) is 142 cm³/mol. The molecule has 1 saturated heterocycles. The number of likely N-dealkylation sites (tertiary alicyclic amines) is 1. The normalized spacial score (nSPS) is 16.9. The first-order chi connectivity index (χ1) is 17.7. The number of nitrogens with one attached hydrogen (secondary N) is 3. The van der Waals surface area contributed by atoms with E-state index in [9.17, 15) is 14.0 Å². The van der Waals surface area contributed by atoms with Gasteiger partial charge in [-0.25, -0.2) is 4.39 Å². The summed E-state index contributed by atoms with van der Waals surface area (Å²) in [5.74, 6) is -0.193. The van der Waals surface area contributed by atoms with Crippen molar-refractivity contribution in [1.82, 2.24) is 15.5 Å². The zero-order valence-corrected chi connectivity index (χ0v) is 22.2. The first-order valence-electron chi connectivity index (χ1n) is 12.2. The molecular weight excluding hydrogens is 499 g/mol. The molecule has 0 aromatic heterocycles. The summed E-state index contributed by atoms with van der Waals surface area (Å²) in [4.78, 5) is 26.2. The van der Waals surface area contributed by atoms with E-state index in [-0.39, 0.29) is 42.2 Å². The van der Waals surface area contributed by atoms with Crippen LogP contribution in [0.5, 0.6) is 11.5 Å². The highest BCUT2D eigenvalue weighted by atomic mass is 35.5. The van der Waals surface area contributed by atoms with E-state index in [4.69, 9.17) is 21.1 Å². The number of Topliss-reactive ketones (excluding diaryl/α,β-unsaturated/α-hetero) is 1. The van der Waals surface area contributed by atoms with Crippen LogP contribution in [-0.2, 0) is 4.79 Å². The fourth-order valence-corrected chi connectivity index (χ4v) is 4.65. The molecule has 2 aliphatic rings. The van der Waals surface area contributed by atoms with Gasteiger partial charge in [-0.15, -0.1) is 0 Å². The number of hydrogen-bond acceptors (Lipinski definition) is 7. The van der Waals surface area contributed by atoms with Crippen molar-refractivity contribution >= 4 is 34.6 Å².